The van der Waals surface area contributed by atoms with Crippen molar-refractivity contribution in [1.29, 1.82) is 0 Å². The fourth-order valence-corrected chi connectivity index (χ4v) is 3.34. The molecule has 0 bridgehead atoms. The highest BCUT2D eigenvalue weighted by molar-refractivity contribution is 5.74. The van der Waals surface area contributed by atoms with Crippen molar-refractivity contribution in [3.8, 4) is 17.0 Å². The standard InChI is InChI=1S/C21H27FN4O3/c1-14-18(17-15(22)7-6-8-16(17)28-5)23-13-24-19(14)25-9-11-26(12-10-25)20(27)29-21(2,3)4/h6-8,13H,9-12H2,1-5H3. The molecule has 1 saturated heterocycles. The molecule has 0 atom stereocenters. The van der Waals surface area contributed by atoms with Crippen LogP contribution in [0.25, 0.3) is 11.3 Å². The summed E-state index contributed by atoms with van der Waals surface area (Å²) < 4.78 is 25.3. The van der Waals surface area contributed by atoms with Crippen LogP contribution in [0, 0.1) is 12.7 Å². The average molecular weight is 402 g/mol. The zero-order valence-electron chi connectivity index (χ0n) is 17.5. The molecule has 0 spiro atoms. The van der Waals surface area contributed by atoms with Gasteiger partial charge in [0.15, 0.2) is 0 Å². The molecule has 2 heterocycles. The van der Waals surface area contributed by atoms with Crippen LogP contribution in [0.2, 0.25) is 0 Å². The third-order valence-corrected chi connectivity index (χ3v) is 4.72. The molecule has 0 unspecified atom stereocenters. The van der Waals surface area contributed by atoms with E-state index in [4.69, 9.17) is 9.47 Å². The van der Waals surface area contributed by atoms with Crippen molar-refractivity contribution in [3.05, 3.63) is 35.9 Å². The molecule has 0 radical (unpaired) electrons. The van der Waals surface area contributed by atoms with Gasteiger partial charge in [0.1, 0.15) is 29.3 Å². The summed E-state index contributed by atoms with van der Waals surface area (Å²) in [5.41, 5.74) is 1.07. The highest BCUT2D eigenvalue weighted by atomic mass is 19.1. The molecule has 1 aromatic heterocycles. The minimum Gasteiger partial charge on any atom is -0.496 e. The third-order valence-electron chi connectivity index (χ3n) is 4.72. The van der Waals surface area contributed by atoms with Gasteiger partial charge in [-0.2, -0.15) is 0 Å². The summed E-state index contributed by atoms with van der Waals surface area (Å²) >= 11 is 0. The topological polar surface area (TPSA) is 67.8 Å². The lowest BCUT2D eigenvalue weighted by molar-refractivity contribution is 0.0240. The molecule has 3 rings (SSSR count). The van der Waals surface area contributed by atoms with Crippen molar-refractivity contribution in [2.75, 3.05) is 38.2 Å². The van der Waals surface area contributed by atoms with Crippen molar-refractivity contribution < 1.29 is 18.7 Å². The zero-order chi connectivity index (χ0) is 21.2. The van der Waals surface area contributed by atoms with Crippen molar-refractivity contribution in [1.82, 2.24) is 14.9 Å². The Kier molecular flexibility index (Phi) is 5.91. The molecular weight excluding hydrogens is 375 g/mol. The van der Waals surface area contributed by atoms with Crippen molar-refractivity contribution in [2.24, 2.45) is 0 Å². The quantitative estimate of drug-likeness (QED) is 0.781. The lowest BCUT2D eigenvalue weighted by atomic mass is 10.0. The van der Waals surface area contributed by atoms with Gasteiger partial charge < -0.3 is 19.3 Å². The first-order chi connectivity index (χ1) is 13.7. The summed E-state index contributed by atoms with van der Waals surface area (Å²) in [6.45, 7) is 9.68. The number of rotatable bonds is 3. The second-order valence-electron chi connectivity index (χ2n) is 7.94. The smallest absolute Gasteiger partial charge is 0.410 e. The van der Waals surface area contributed by atoms with Gasteiger partial charge in [-0.3, -0.25) is 0 Å². The fourth-order valence-electron chi connectivity index (χ4n) is 3.34. The van der Waals surface area contributed by atoms with Crippen LogP contribution in [0.5, 0.6) is 5.75 Å². The largest absolute Gasteiger partial charge is 0.496 e. The van der Waals surface area contributed by atoms with E-state index < -0.39 is 11.4 Å². The predicted octanol–water partition coefficient (Wildman–Crippen LogP) is 3.66. The van der Waals surface area contributed by atoms with Gasteiger partial charge in [-0.25, -0.2) is 19.2 Å². The molecule has 8 heteroatoms. The van der Waals surface area contributed by atoms with Gasteiger partial charge in [-0.15, -0.1) is 0 Å². The lowest BCUT2D eigenvalue weighted by Gasteiger charge is -2.36. The van der Waals surface area contributed by atoms with Gasteiger partial charge in [0.2, 0.25) is 0 Å². The maximum atomic E-state index is 14.5. The van der Waals surface area contributed by atoms with Gasteiger partial charge in [0.25, 0.3) is 0 Å². The van der Waals surface area contributed by atoms with E-state index in [1.807, 2.05) is 27.7 Å². The molecule has 1 aliphatic rings. The van der Waals surface area contributed by atoms with E-state index in [9.17, 15) is 9.18 Å². The van der Waals surface area contributed by atoms with Gasteiger partial charge in [-0.05, 0) is 39.8 Å². The van der Waals surface area contributed by atoms with Crippen molar-refractivity contribution >= 4 is 11.9 Å². The maximum Gasteiger partial charge on any atom is 0.410 e. The molecule has 0 aliphatic carbocycles. The highest BCUT2D eigenvalue weighted by Crippen LogP contribution is 2.35. The lowest BCUT2D eigenvalue weighted by Crippen LogP contribution is -2.50. The van der Waals surface area contributed by atoms with Gasteiger partial charge in [-0.1, -0.05) is 6.07 Å². The number of piperazine rings is 1. The molecule has 7 nitrogen and oxygen atoms in total. The Hall–Kier alpha value is -2.90. The Morgan fingerprint density at radius 3 is 2.45 bits per heavy atom. The minimum atomic E-state index is -0.523. The zero-order valence-corrected chi connectivity index (χ0v) is 17.5. The molecule has 2 aromatic rings. The Bertz CT molecular complexity index is 890. The summed E-state index contributed by atoms with van der Waals surface area (Å²) in [6.07, 6.45) is 1.12. The number of anilines is 1. The van der Waals surface area contributed by atoms with Crippen LogP contribution < -0.4 is 9.64 Å². The Morgan fingerprint density at radius 2 is 1.83 bits per heavy atom. The summed E-state index contributed by atoms with van der Waals surface area (Å²) in [4.78, 5) is 24.8. The molecule has 1 aromatic carbocycles. The Labute approximate surface area is 170 Å². The highest BCUT2D eigenvalue weighted by Gasteiger charge is 2.28. The number of carbonyl (C=O) groups is 1. The first-order valence-electron chi connectivity index (χ1n) is 9.58. The number of ether oxygens (including phenoxy) is 2. The number of methoxy groups -OCH3 is 1. The number of carbonyl (C=O) groups excluding carboxylic acids is 1. The molecular formula is C21H27FN4O3. The SMILES string of the molecule is COc1cccc(F)c1-c1ncnc(N2CCN(C(=O)OC(C)(C)C)CC2)c1C. The van der Waals surface area contributed by atoms with Crippen LogP contribution >= 0.6 is 0 Å². The van der Waals surface area contributed by atoms with E-state index in [1.165, 1.54) is 19.5 Å². The number of halogens is 1. The molecule has 0 N–H and O–H groups in total. The van der Waals surface area contributed by atoms with Crippen LogP contribution in [0.4, 0.5) is 15.0 Å². The summed E-state index contributed by atoms with van der Waals surface area (Å²) in [6, 6.07) is 4.70. The van der Waals surface area contributed by atoms with Crippen molar-refractivity contribution in [2.45, 2.75) is 33.3 Å². The second kappa shape index (κ2) is 8.23. The molecule has 156 valence electrons. The number of benzene rings is 1. The minimum absolute atomic E-state index is 0.312. The fraction of sp³-hybridized carbons (Fsp3) is 0.476. The van der Waals surface area contributed by atoms with E-state index in [0.717, 1.165) is 11.4 Å². The molecule has 1 fully saturated rings. The van der Waals surface area contributed by atoms with E-state index >= 15 is 0 Å². The molecule has 0 saturated carbocycles. The monoisotopic (exact) mass is 402 g/mol. The second-order valence-corrected chi connectivity index (χ2v) is 7.94. The van der Waals surface area contributed by atoms with Gasteiger partial charge in [0.05, 0.1) is 18.4 Å². The van der Waals surface area contributed by atoms with Crippen LogP contribution in [0.3, 0.4) is 0 Å². The third kappa shape index (κ3) is 4.58. The molecule has 1 amide bonds. The first kappa shape index (κ1) is 20.8. The predicted molar refractivity (Wildman–Crippen MR) is 109 cm³/mol. The molecule has 1 aliphatic heterocycles. The van der Waals surface area contributed by atoms with Gasteiger partial charge >= 0.3 is 6.09 Å². The van der Waals surface area contributed by atoms with Crippen molar-refractivity contribution in [3.63, 3.8) is 0 Å². The summed E-state index contributed by atoms with van der Waals surface area (Å²) in [7, 11) is 1.51. The van der Waals surface area contributed by atoms with Crippen LogP contribution in [0.1, 0.15) is 26.3 Å². The number of amides is 1. The normalized spacial score (nSPS) is 14.7. The Balaban J connectivity index is 1.81. The van der Waals surface area contributed by atoms with Crippen LogP contribution in [0.15, 0.2) is 24.5 Å². The van der Waals surface area contributed by atoms with E-state index in [2.05, 4.69) is 14.9 Å². The Morgan fingerprint density at radius 1 is 1.14 bits per heavy atom. The average Bonchev–Trinajstić information content (AvgIpc) is 2.67. The van der Waals surface area contributed by atoms with E-state index in [0.29, 0.717) is 43.2 Å². The van der Waals surface area contributed by atoms with Crippen LogP contribution in [-0.2, 0) is 4.74 Å². The summed E-state index contributed by atoms with van der Waals surface area (Å²) in [5, 5.41) is 0. The van der Waals surface area contributed by atoms with Gasteiger partial charge in [0, 0.05) is 31.7 Å². The van der Waals surface area contributed by atoms with E-state index in [1.54, 1.807) is 17.0 Å². The number of hydrogen-bond acceptors (Lipinski definition) is 6. The maximum absolute atomic E-state index is 14.5. The first-order valence-corrected chi connectivity index (χ1v) is 9.58. The summed E-state index contributed by atoms with van der Waals surface area (Å²) in [5.74, 6) is 0.753. The van der Waals surface area contributed by atoms with Crippen LogP contribution in [-0.4, -0.2) is 59.9 Å². The number of hydrogen-bond donors (Lipinski definition) is 0. The molecule has 29 heavy (non-hydrogen) atoms. The van der Waals surface area contributed by atoms with E-state index in [-0.39, 0.29) is 6.09 Å². The number of nitrogens with zero attached hydrogens (tertiary/aromatic N) is 4. The number of aromatic nitrogens is 2.